The van der Waals surface area contributed by atoms with E-state index < -0.39 is 17.7 Å². The lowest BCUT2D eigenvalue weighted by molar-refractivity contribution is -0.129. The highest BCUT2D eigenvalue weighted by molar-refractivity contribution is 6.09. The van der Waals surface area contributed by atoms with Crippen molar-refractivity contribution >= 4 is 11.7 Å². The van der Waals surface area contributed by atoms with Gasteiger partial charge in [0.05, 0.1) is 18.2 Å². The largest absolute Gasteiger partial charge is 0.503 e. The summed E-state index contributed by atoms with van der Waals surface area (Å²) in [5.74, 6) is -0.385. The third-order valence-corrected chi connectivity index (χ3v) is 5.49. The summed E-state index contributed by atoms with van der Waals surface area (Å²) in [6, 6.07) is 16.7. The second kappa shape index (κ2) is 10.8. The molecule has 1 heterocycles. The van der Waals surface area contributed by atoms with Gasteiger partial charge in [-0.25, -0.2) is 0 Å². The van der Waals surface area contributed by atoms with Gasteiger partial charge in [0.2, 0.25) is 0 Å². The van der Waals surface area contributed by atoms with Crippen molar-refractivity contribution in [1.29, 1.82) is 0 Å². The predicted molar refractivity (Wildman–Crippen MR) is 121 cm³/mol. The smallest absolute Gasteiger partial charge is 0.290 e. The predicted octanol–water partition coefficient (Wildman–Crippen LogP) is 5.17. The summed E-state index contributed by atoms with van der Waals surface area (Å²) in [5, 5.41) is 10.7. The molecule has 1 N–H and O–H groups in total. The van der Waals surface area contributed by atoms with E-state index in [0.29, 0.717) is 25.3 Å². The number of unbranched alkanes of at least 4 members (excludes halogenated alkanes) is 1. The van der Waals surface area contributed by atoms with E-state index in [4.69, 9.17) is 4.74 Å². The lowest BCUT2D eigenvalue weighted by Crippen LogP contribution is -2.32. The van der Waals surface area contributed by atoms with Crippen molar-refractivity contribution in [3.05, 3.63) is 77.1 Å². The number of aliphatic hydroxyl groups is 1. The van der Waals surface area contributed by atoms with Gasteiger partial charge >= 0.3 is 0 Å². The molecule has 5 heteroatoms. The van der Waals surface area contributed by atoms with E-state index in [9.17, 15) is 14.7 Å². The van der Waals surface area contributed by atoms with Crippen molar-refractivity contribution < 1.29 is 19.4 Å². The number of carbonyl (C=O) groups is 2. The number of hydrogen-bond acceptors (Lipinski definition) is 4. The van der Waals surface area contributed by atoms with E-state index in [1.807, 2.05) is 68.4 Å². The lowest BCUT2D eigenvalue weighted by atomic mass is 9.93. The SMILES string of the molecule is CCCCN1C(=O)C(O)=C(C(=O)CCc2ccccc2)C1c1cccc(OCCC)c1. The number of rotatable bonds is 11. The number of carbonyl (C=O) groups excluding carboxylic acids is 2. The fourth-order valence-corrected chi connectivity index (χ4v) is 3.88. The van der Waals surface area contributed by atoms with Gasteiger partial charge in [-0.2, -0.15) is 0 Å². The molecule has 0 saturated heterocycles. The Morgan fingerprint density at radius 3 is 2.55 bits per heavy atom. The van der Waals surface area contributed by atoms with Crippen molar-refractivity contribution in [2.24, 2.45) is 0 Å². The van der Waals surface area contributed by atoms with Crippen LogP contribution >= 0.6 is 0 Å². The average Bonchev–Trinajstić information content (AvgIpc) is 3.05. The lowest BCUT2D eigenvalue weighted by Gasteiger charge is -2.27. The first-order valence-corrected chi connectivity index (χ1v) is 11.1. The summed E-state index contributed by atoms with van der Waals surface area (Å²) < 4.78 is 5.76. The molecule has 0 radical (unpaired) electrons. The first-order chi connectivity index (χ1) is 15.1. The van der Waals surface area contributed by atoms with E-state index >= 15 is 0 Å². The minimum atomic E-state index is -0.590. The van der Waals surface area contributed by atoms with E-state index in [0.717, 1.165) is 30.4 Å². The molecule has 2 aromatic carbocycles. The molecular formula is C26H31NO4. The van der Waals surface area contributed by atoms with Crippen LogP contribution < -0.4 is 4.74 Å². The van der Waals surface area contributed by atoms with Gasteiger partial charge < -0.3 is 14.7 Å². The third kappa shape index (κ3) is 5.35. The molecule has 1 amide bonds. The normalized spacial score (nSPS) is 16.1. The molecule has 3 rings (SSSR count). The number of aliphatic hydroxyl groups excluding tert-OH is 1. The third-order valence-electron chi connectivity index (χ3n) is 5.49. The monoisotopic (exact) mass is 421 g/mol. The van der Waals surface area contributed by atoms with E-state index in [2.05, 4.69) is 0 Å². The molecule has 0 spiro atoms. The van der Waals surface area contributed by atoms with Crippen molar-refractivity contribution in [1.82, 2.24) is 4.90 Å². The van der Waals surface area contributed by atoms with Gasteiger partial charge in [0.25, 0.3) is 5.91 Å². The van der Waals surface area contributed by atoms with Crippen LogP contribution in [0.15, 0.2) is 65.9 Å². The van der Waals surface area contributed by atoms with Crippen LogP contribution in [-0.2, 0) is 16.0 Å². The molecule has 0 aromatic heterocycles. The molecular weight excluding hydrogens is 390 g/mol. The highest BCUT2D eigenvalue weighted by Gasteiger charge is 2.42. The molecule has 1 aliphatic rings. The Morgan fingerprint density at radius 1 is 1.06 bits per heavy atom. The standard InChI is InChI=1S/C26H31NO4/c1-3-5-16-27-24(20-12-9-13-21(18-20)31-17-4-2)23(25(29)26(27)30)22(28)15-14-19-10-7-6-8-11-19/h6-13,18,24,29H,3-5,14-17H2,1-2H3. The molecule has 2 aromatic rings. The molecule has 0 fully saturated rings. The maximum atomic E-state index is 13.2. The molecule has 1 atom stereocenters. The molecule has 1 aliphatic heterocycles. The van der Waals surface area contributed by atoms with Crippen LogP contribution in [0.2, 0.25) is 0 Å². The number of hydrogen-bond donors (Lipinski definition) is 1. The van der Waals surface area contributed by atoms with Gasteiger partial charge in [-0.1, -0.05) is 62.7 Å². The van der Waals surface area contributed by atoms with Crippen molar-refractivity contribution in [2.45, 2.75) is 52.0 Å². The van der Waals surface area contributed by atoms with Gasteiger partial charge in [-0.3, -0.25) is 9.59 Å². The van der Waals surface area contributed by atoms with Crippen LogP contribution in [0.5, 0.6) is 5.75 Å². The molecule has 1 unspecified atom stereocenters. The summed E-state index contributed by atoms with van der Waals surface area (Å²) in [7, 11) is 0. The van der Waals surface area contributed by atoms with Crippen LogP contribution in [0.1, 0.15) is 56.7 Å². The van der Waals surface area contributed by atoms with Gasteiger partial charge in [0.1, 0.15) is 5.75 Å². The first kappa shape index (κ1) is 22.6. The fraction of sp³-hybridized carbons (Fsp3) is 0.385. The summed E-state index contributed by atoms with van der Waals surface area (Å²) in [6.07, 6.45) is 3.40. The maximum Gasteiger partial charge on any atom is 0.290 e. The quantitative estimate of drug-likeness (QED) is 0.543. The van der Waals surface area contributed by atoms with Crippen LogP contribution in [0.4, 0.5) is 0 Å². The molecule has 31 heavy (non-hydrogen) atoms. The van der Waals surface area contributed by atoms with E-state index in [-0.39, 0.29) is 17.8 Å². The second-order valence-corrected chi connectivity index (χ2v) is 7.85. The Hall–Kier alpha value is -3.08. The first-order valence-electron chi connectivity index (χ1n) is 11.1. The Balaban J connectivity index is 1.90. The van der Waals surface area contributed by atoms with Gasteiger partial charge in [-0.15, -0.1) is 0 Å². The minimum Gasteiger partial charge on any atom is -0.503 e. The van der Waals surface area contributed by atoms with Crippen LogP contribution in [0.25, 0.3) is 0 Å². The molecule has 5 nitrogen and oxygen atoms in total. The molecule has 0 bridgehead atoms. The zero-order chi connectivity index (χ0) is 22.2. The van der Waals surface area contributed by atoms with Crippen molar-refractivity contribution in [3.63, 3.8) is 0 Å². The van der Waals surface area contributed by atoms with Crippen LogP contribution in [-0.4, -0.2) is 34.8 Å². The zero-order valence-corrected chi connectivity index (χ0v) is 18.3. The summed E-state index contributed by atoms with van der Waals surface area (Å²) in [4.78, 5) is 27.7. The Bertz CT molecular complexity index is 935. The van der Waals surface area contributed by atoms with Gasteiger partial charge in [0.15, 0.2) is 11.5 Å². The second-order valence-electron chi connectivity index (χ2n) is 7.85. The fourth-order valence-electron chi connectivity index (χ4n) is 3.88. The maximum absolute atomic E-state index is 13.2. The number of ketones is 1. The van der Waals surface area contributed by atoms with Crippen molar-refractivity contribution in [3.8, 4) is 5.75 Å². The Morgan fingerprint density at radius 2 is 1.84 bits per heavy atom. The summed E-state index contributed by atoms with van der Waals surface area (Å²) in [5.41, 5.74) is 2.03. The number of amides is 1. The summed E-state index contributed by atoms with van der Waals surface area (Å²) in [6.45, 7) is 5.17. The number of aryl methyl sites for hydroxylation is 1. The van der Waals surface area contributed by atoms with Crippen molar-refractivity contribution in [2.75, 3.05) is 13.2 Å². The Kier molecular flexibility index (Phi) is 7.88. The number of Topliss-reactive ketones (excluding diaryl/α,β-unsaturated/α-hetero) is 1. The molecule has 164 valence electrons. The van der Waals surface area contributed by atoms with Crippen LogP contribution in [0.3, 0.4) is 0 Å². The van der Waals surface area contributed by atoms with Gasteiger partial charge in [-0.05, 0) is 42.5 Å². The number of benzene rings is 2. The average molecular weight is 422 g/mol. The highest BCUT2D eigenvalue weighted by Crippen LogP contribution is 2.39. The Labute approximate surface area is 184 Å². The van der Waals surface area contributed by atoms with E-state index in [1.54, 1.807) is 4.90 Å². The number of ether oxygens (including phenoxy) is 1. The number of nitrogens with zero attached hydrogens (tertiary/aromatic N) is 1. The highest BCUT2D eigenvalue weighted by atomic mass is 16.5. The van der Waals surface area contributed by atoms with Gasteiger partial charge in [0, 0.05) is 13.0 Å². The van der Waals surface area contributed by atoms with Crippen LogP contribution in [0, 0.1) is 0 Å². The van der Waals surface area contributed by atoms with E-state index in [1.165, 1.54) is 0 Å². The topological polar surface area (TPSA) is 66.8 Å². The molecule has 0 aliphatic carbocycles. The minimum absolute atomic E-state index is 0.196. The molecule has 0 saturated carbocycles. The summed E-state index contributed by atoms with van der Waals surface area (Å²) >= 11 is 0. The zero-order valence-electron chi connectivity index (χ0n) is 18.3.